The van der Waals surface area contributed by atoms with Crippen molar-refractivity contribution in [3.05, 3.63) is 66.5 Å². The molecule has 0 saturated carbocycles. The predicted molar refractivity (Wildman–Crippen MR) is 127 cm³/mol. The third-order valence-corrected chi connectivity index (χ3v) is 6.48. The molecule has 1 heterocycles. The van der Waals surface area contributed by atoms with Crippen molar-refractivity contribution in [2.75, 3.05) is 17.7 Å². The Morgan fingerprint density at radius 3 is 2.06 bits per heavy atom. The fourth-order valence-corrected chi connectivity index (χ4v) is 3.93. The molecule has 0 aliphatic rings. The van der Waals surface area contributed by atoms with Crippen molar-refractivity contribution in [2.24, 2.45) is 0 Å². The lowest BCUT2D eigenvalue weighted by molar-refractivity contribution is -0.219. The number of benzene rings is 2. The Balaban J connectivity index is 1.74. The van der Waals surface area contributed by atoms with Crippen LogP contribution in [0.15, 0.2) is 65.8 Å². The molecule has 192 valence electrons. The molecular formula is C23H24F3N5O4S. The van der Waals surface area contributed by atoms with Crippen LogP contribution < -0.4 is 10.6 Å². The number of alkyl halides is 3. The van der Waals surface area contributed by atoms with Gasteiger partial charge in [-0.2, -0.15) is 13.2 Å². The fraction of sp³-hybridized carbons (Fsp3) is 0.261. The van der Waals surface area contributed by atoms with Crippen molar-refractivity contribution < 1.29 is 31.2 Å². The summed E-state index contributed by atoms with van der Waals surface area (Å²) in [6.07, 6.45) is -4.04. The van der Waals surface area contributed by atoms with Crippen molar-refractivity contribution in [2.45, 2.75) is 37.3 Å². The van der Waals surface area contributed by atoms with E-state index in [0.29, 0.717) is 18.7 Å². The number of carbonyl (C=O) groups excluding carboxylic acids is 1. The van der Waals surface area contributed by atoms with Gasteiger partial charge in [-0.25, -0.2) is 23.2 Å². The number of nitrogens with zero attached hydrogens (tertiary/aromatic N) is 3. The molecule has 2 N–H and O–H groups in total. The summed E-state index contributed by atoms with van der Waals surface area (Å²) in [6.45, 7) is 6.35. The van der Waals surface area contributed by atoms with E-state index in [0.717, 1.165) is 17.8 Å². The zero-order valence-corrected chi connectivity index (χ0v) is 20.6. The first-order valence-electron chi connectivity index (χ1n) is 10.5. The summed E-state index contributed by atoms with van der Waals surface area (Å²) in [7, 11) is -3.88. The fourth-order valence-electron chi connectivity index (χ4n) is 2.94. The zero-order valence-electron chi connectivity index (χ0n) is 19.8. The summed E-state index contributed by atoms with van der Waals surface area (Å²) in [4.78, 5) is 22.8. The van der Waals surface area contributed by atoms with Crippen LogP contribution >= 0.6 is 0 Å². The van der Waals surface area contributed by atoms with Crippen LogP contribution in [0, 0.1) is 0 Å². The van der Waals surface area contributed by atoms with Crippen LogP contribution in [0.4, 0.5) is 36.2 Å². The van der Waals surface area contributed by atoms with E-state index in [1.165, 1.54) is 24.0 Å². The standard InChI is InChI=1S/C23H24F3N5O4S/c1-22(2,3)15-8-10-16(11-9-15)29-19-13-20(28-14-27-19)30-17-6-5-7-18(12-17)36(33,34)31(4)35-21(32)23(24,25)26/h5-14H,1-4H3,(H2,27,28,29,30). The highest BCUT2D eigenvalue weighted by Gasteiger charge is 2.43. The third-order valence-electron chi connectivity index (χ3n) is 4.88. The molecule has 9 nitrogen and oxygen atoms in total. The molecule has 0 aliphatic carbocycles. The van der Waals surface area contributed by atoms with Crippen LogP contribution in [0.1, 0.15) is 26.3 Å². The van der Waals surface area contributed by atoms with Crippen molar-refractivity contribution in [1.29, 1.82) is 0 Å². The molecule has 0 atom stereocenters. The van der Waals surface area contributed by atoms with Gasteiger partial charge in [-0.1, -0.05) is 39.0 Å². The average Bonchev–Trinajstić information content (AvgIpc) is 2.78. The Kier molecular flexibility index (Phi) is 7.55. The summed E-state index contributed by atoms with van der Waals surface area (Å²) >= 11 is 0. The summed E-state index contributed by atoms with van der Waals surface area (Å²) in [6, 6.07) is 14.7. The highest BCUT2D eigenvalue weighted by molar-refractivity contribution is 7.89. The molecule has 3 rings (SSSR count). The second kappa shape index (κ2) is 10.1. The van der Waals surface area contributed by atoms with E-state index in [-0.39, 0.29) is 15.6 Å². The SMILES string of the molecule is CN(OC(=O)C(F)(F)F)S(=O)(=O)c1cccc(Nc2cc(Nc3ccc(C(C)(C)C)cc3)ncn2)c1. The monoisotopic (exact) mass is 523 g/mol. The maximum Gasteiger partial charge on any atom is 0.492 e. The van der Waals surface area contributed by atoms with Gasteiger partial charge in [0.1, 0.15) is 18.0 Å². The summed E-state index contributed by atoms with van der Waals surface area (Å²) in [5.41, 5.74) is 2.26. The van der Waals surface area contributed by atoms with E-state index in [2.05, 4.69) is 46.2 Å². The van der Waals surface area contributed by atoms with Gasteiger partial charge in [-0.15, -0.1) is 0 Å². The van der Waals surface area contributed by atoms with E-state index >= 15 is 0 Å². The number of rotatable bonds is 7. The normalized spacial score (nSPS) is 12.3. The van der Waals surface area contributed by atoms with E-state index in [1.54, 1.807) is 6.07 Å². The molecule has 3 aromatic rings. The maximum absolute atomic E-state index is 12.6. The first kappa shape index (κ1) is 26.9. The number of hydrogen-bond donors (Lipinski definition) is 2. The molecule has 0 amide bonds. The van der Waals surface area contributed by atoms with Crippen molar-refractivity contribution in [1.82, 2.24) is 14.4 Å². The number of hydroxylamine groups is 1. The maximum atomic E-state index is 12.6. The molecule has 0 fully saturated rings. The second-order valence-corrected chi connectivity index (χ2v) is 10.6. The molecule has 13 heteroatoms. The highest BCUT2D eigenvalue weighted by Crippen LogP contribution is 2.26. The van der Waals surface area contributed by atoms with E-state index in [1.807, 2.05) is 24.3 Å². The Morgan fingerprint density at radius 1 is 0.917 bits per heavy atom. The lowest BCUT2D eigenvalue weighted by Gasteiger charge is -2.19. The number of halogens is 3. The number of hydrogen-bond acceptors (Lipinski definition) is 8. The van der Waals surface area contributed by atoms with Gasteiger partial charge in [0, 0.05) is 24.5 Å². The van der Waals surface area contributed by atoms with Gasteiger partial charge in [0.25, 0.3) is 10.0 Å². The number of carbonyl (C=O) groups is 1. The molecule has 0 saturated heterocycles. The third kappa shape index (κ3) is 6.70. The average molecular weight is 524 g/mol. The number of anilines is 4. The molecule has 2 aromatic carbocycles. The lowest BCUT2D eigenvalue weighted by atomic mass is 9.87. The lowest BCUT2D eigenvalue weighted by Crippen LogP contribution is -2.36. The largest absolute Gasteiger partial charge is 0.492 e. The topological polar surface area (TPSA) is 114 Å². The first-order chi connectivity index (χ1) is 16.7. The molecule has 36 heavy (non-hydrogen) atoms. The van der Waals surface area contributed by atoms with E-state index < -0.39 is 27.1 Å². The Hall–Kier alpha value is -3.71. The number of aromatic nitrogens is 2. The second-order valence-electron chi connectivity index (χ2n) is 8.68. The summed E-state index contributed by atoms with van der Waals surface area (Å²) in [5, 5.41) is 6.07. The first-order valence-corrected chi connectivity index (χ1v) is 11.9. The highest BCUT2D eigenvalue weighted by atomic mass is 32.2. The van der Waals surface area contributed by atoms with Crippen LogP contribution in [0.2, 0.25) is 0 Å². The van der Waals surface area contributed by atoms with Gasteiger partial charge >= 0.3 is 12.1 Å². The smallest absolute Gasteiger partial charge is 0.345 e. The molecule has 1 aromatic heterocycles. The Labute approximate surface area is 206 Å². The molecule has 0 unspecified atom stereocenters. The van der Waals surface area contributed by atoms with Gasteiger partial charge in [-0.3, -0.25) is 0 Å². The van der Waals surface area contributed by atoms with Crippen LogP contribution in [0.25, 0.3) is 0 Å². The van der Waals surface area contributed by atoms with Gasteiger partial charge in [-0.05, 0) is 45.8 Å². The van der Waals surface area contributed by atoms with Gasteiger partial charge in [0.2, 0.25) is 0 Å². The summed E-state index contributed by atoms with van der Waals surface area (Å²) < 4.78 is 62.2. The van der Waals surface area contributed by atoms with Gasteiger partial charge < -0.3 is 15.5 Å². The number of sulfonamides is 1. The molecule has 0 bridgehead atoms. The van der Waals surface area contributed by atoms with E-state index in [4.69, 9.17) is 0 Å². The van der Waals surface area contributed by atoms with Crippen LogP contribution in [0.3, 0.4) is 0 Å². The zero-order chi connectivity index (χ0) is 26.7. The van der Waals surface area contributed by atoms with Crippen molar-refractivity contribution >= 4 is 39.0 Å². The Bertz CT molecular complexity index is 1340. The van der Waals surface area contributed by atoms with Crippen molar-refractivity contribution in [3.63, 3.8) is 0 Å². The quantitative estimate of drug-likeness (QED) is 0.421. The minimum absolute atomic E-state index is 0.0152. The van der Waals surface area contributed by atoms with Crippen LogP contribution in [-0.2, 0) is 25.1 Å². The van der Waals surface area contributed by atoms with Gasteiger partial charge in [0.05, 0.1) is 4.90 Å². The van der Waals surface area contributed by atoms with Crippen LogP contribution in [-0.4, -0.2) is 42.0 Å². The van der Waals surface area contributed by atoms with Crippen LogP contribution in [0.5, 0.6) is 0 Å². The predicted octanol–water partition coefficient (Wildman–Crippen LogP) is 4.90. The van der Waals surface area contributed by atoms with Gasteiger partial charge in [0.15, 0.2) is 0 Å². The minimum atomic E-state index is -5.35. The number of nitrogens with one attached hydrogen (secondary N) is 2. The molecule has 0 spiro atoms. The summed E-state index contributed by atoms with van der Waals surface area (Å²) in [5.74, 6) is -1.86. The molecular weight excluding hydrogens is 499 g/mol. The minimum Gasteiger partial charge on any atom is -0.345 e. The Morgan fingerprint density at radius 2 is 1.50 bits per heavy atom. The van der Waals surface area contributed by atoms with Crippen molar-refractivity contribution in [3.8, 4) is 0 Å². The molecule has 0 aliphatic heterocycles. The molecule has 0 radical (unpaired) electrons. The van der Waals surface area contributed by atoms with E-state index in [9.17, 15) is 26.4 Å².